The van der Waals surface area contributed by atoms with E-state index in [0.29, 0.717) is 11.3 Å². The molecule has 1 fully saturated rings. The number of hydrogen-bond acceptors (Lipinski definition) is 3. The Morgan fingerprint density at radius 3 is 2.10 bits per heavy atom. The first-order valence-corrected chi connectivity index (χ1v) is 11.2. The van der Waals surface area contributed by atoms with Gasteiger partial charge in [-0.3, -0.25) is 4.79 Å². The van der Waals surface area contributed by atoms with Crippen molar-refractivity contribution >= 4 is 21.8 Å². The summed E-state index contributed by atoms with van der Waals surface area (Å²) in [6.45, 7) is 0.868. The maximum atomic E-state index is 13.8. The number of anilines is 1. The monoisotopic (exact) mass is 451 g/mol. The second-order valence-corrected chi connectivity index (χ2v) is 9.75. The van der Waals surface area contributed by atoms with Gasteiger partial charge in [0.25, 0.3) is 16.1 Å². The van der Waals surface area contributed by atoms with E-state index in [2.05, 4.69) is 0 Å². The Morgan fingerprint density at radius 1 is 1.00 bits per heavy atom. The SMILES string of the molecule is CC[C@@H]([C@@H]1[C@H](OCc2ccccc2)C(=O)N1c1ccc(OC)cc1)S(F)(F)(F)(F)F. The highest BCUT2D eigenvalue weighted by Crippen LogP contribution is 3.01. The molecule has 2 aromatic rings. The van der Waals surface area contributed by atoms with E-state index in [1.54, 1.807) is 30.3 Å². The molecule has 3 atom stereocenters. The van der Waals surface area contributed by atoms with Gasteiger partial charge in [-0.15, -0.1) is 0 Å². The molecule has 166 valence electrons. The standard InChI is InChI=1S/C20H22F5NO3S/c1-3-17(30(21,22,23,24)25)18-19(29-13-14-7-5-4-6-8-14)20(27)26(18)15-9-11-16(28-2)12-10-15/h4-12,17-19H,3,13H2,1-2H3/t17-,18+,19-/m0/s1. The molecule has 0 radical (unpaired) electrons. The molecule has 4 nitrogen and oxygen atoms in total. The van der Waals surface area contributed by atoms with Crippen LogP contribution < -0.4 is 9.64 Å². The molecule has 1 aliphatic rings. The summed E-state index contributed by atoms with van der Waals surface area (Å²) in [4.78, 5) is 13.4. The summed E-state index contributed by atoms with van der Waals surface area (Å²) in [5, 5.41) is -2.99. The van der Waals surface area contributed by atoms with Crippen molar-refractivity contribution < 1.29 is 33.7 Å². The van der Waals surface area contributed by atoms with E-state index in [4.69, 9.17) is 9.47 Å². The molecular formula is C20H22F5NO3S. The van der Waals surface area contributed by atoms with Gasteiger partial charge >= 0.3 is 0 Å². The van der Waals surface area contributed by atoms with Crippen molar-refractivity contribution in [2.45, 2.75) is 37.3 Å². The number of hydrogen-bond donors (Lipinski definition) is 0. The van der Waals surface area contributed by atoms with Crippen LogP contribution in [0.15, 0.2) is 54.6 Å². The second kappa shape index (κ2) is 7.12. The minimum atomic E-state index is -9.92. The number of ether oxygens (including phenoxy) is 2. The summed E-state index contributed by atoms with van der Waals surface area (Å²) < 4.78 is 79.5. The van der Waals surface area contributed by atoms with Gasteiger partial charge in [0.1, 0.15) is 11.0 Å². The van der Waals surface area contributed by atoms with E-state index < -0.39 is 39.9 Å². The van der Waals surface area contributed by atoms with Crippen molar-refractivity contribution in [1.29, 1.82) is 0 Å². The maximum Gasteiger partial charge on any atom is 0.290 e. The molecule has 0 bridgehead atoms. The summed E-state index contributed by atoms with van der Waals surface area (Å²) in [7, 11) is -8.51. The van der Waals surface area contributed by atoms with Gasteiger partial charge in [-0.05, 0) is 36.2 Å². The third-order valence-corrected chi connectivity index (χ3v) is 6.82. The average Bonchev–Trinajstić information content (AvgIpc) is 2.67. The minimum absolute atomic E-state index is 0.0747. The predicted octanol–water partition coefficient (Wildman–Crippen LogP) is 6.07. The van der Waals surface area contributed by atoms with E-state index in [1.165, 1.54) is 31.4 Å². The summed E-state index contributed by atoms with van der Waals surface area (Å²) >= 11 is 0. The Kier molecular flexibility index (Phi) is 5.31. The molecule has 0 aromatic heterocycles. The zero-order valence-electron chi connectivity index (χ0n) is 16.3. The molecule has 1 amide bonds. The van der Waals surface area contributed by atoms with Crippen LogP contribution in [-0.2, 0) is 16.1 Å². The van der Waals surface area contributed by atoms with Gasteiger partial charge in [-0.1, -0.05) is 56.7 Å². The zero-order valence-corrected chi connectivity index (χ0v) is 17.1. The summed E-state index contributed by atoms with van der Waals surface area (Å²) in [5.74, 6) is -0.374. The number of halogens is 5. The smallest absolute Gasteiger partial charge is 0.290 e. The maximum absolute atomic E-state index is 13.8. The fourth-order valence-electron chi connectivity index (χ4n) is 3.64. The van der Waals surface area contributed by atoms with E-state index in [-0.39, 0.29) is 12.3 Å². The van der Waals surface area contributed by atoms with Gasteiger partial charge in [0.15, 0.2) is 6.10 Å². The van der Waals surface area contributed by atoms with Crippen molar-refractivity contribution in [2.75, 3.05) is 12.0 Å². The first-order chi connectivity index (χ1) is 13.9. The molecule has 0 unspecified atom stereocenters. The molecule has 3 rings (SSSR count). The first kappa shape index (κ1) is 22.4. The lowest BCUT2D eigenvalue weighted by Gasteiger charge is -2.57. The lowest BCUT2D eigenvalue weighted by Crippen LogP contribution is -2.71. The Bertz CT molecular complexity index is 906. The highest BCUT2D eigenvalue weighted by Gasteiger charge is 2.75. The van der Waals surface area contributed by atoms with Crippen LogP contribution in [0.1, 0.15) is 18.9 Å². The number of amides is 1. The zero-order chi connectivity index (χ0) is 22.2. The fraction of sp³-hybridized carbons (Fsp3) is 0.350. The van der Waals surface area contributed by atoms with Gasteiger partial charge in [-0.25, -0.2) is 0 Å². The first-order valence-electron chi connectivity index (χ1n) is 9.21. The van der Waals surface area contributed by atoms with Crippen LogP contribution in [0.2, 0.25) is 0 Å². The van der Waals surface area contributed by atoms with Crippen molar-refractivity contribution in [2.24, 2.45) is 0 Å². The van der Waals surface area contributed by atoms with Crippen molar-refractivity contribution in [3.05, 3.63) is 60.2 Å². The normalized spacial score (nSPS) is 22.6. The highest BCUT2D eigenvalue weighted by atomic mass is 32.5. The number of nitrogens with zero attached hydrogens (tertiary/aromatic N) is 1. The second-order valence-electron chi connectivity index (χ2n) is 7.09. The molecule has 1 aliphatic heterocycles. The average molecular weight is 451 g/mol. The lowest BCUT2D eigenvalue weighted by molar-refractivity contribution is -0.143. The lowest BCUT2D eigenvalue weighted by atomic mass is 9.92. The van der Waals surface area contributed by atoms with E-state index in [1.807, 2.05) is 0 Å². The molecule has 0 N–H and O–H groups in total. The topological polar surface area (TPSA) is 38.8 Å². The van der Waals surface area contributed by atoms with Crippen molar-refractivity contribution in [1.82, 2.24) is 0 Å². The molecule has 0 saturated carbocycles. The highest BCUT2D eigenvalue weighted by molar-refractivity contribution is 8.46. The molecule has 1 heterocycles. The Balaban J connectivity index is 1.94. The van der Waals surface area contributed by atoms with Crippen LogP contribution in [0.3, 0.4) is 0 Å². The Morgan fingerprint density at radius 2 is 1.60 bits per heavy atom. The quantitative estimate of drug-likeness (QED) is 0.361. The predicted molar refractivity (Wildman–Crippen MR) is 106 cm³/mol. The van der Waals surface area contributed by atoms with Crippen LogP contribution in [0, 0.1) is 0 Å². The summed E-state index contributed by atoms with van der Waals surface area (Å²) in [6.07, 6.45) is -2.51. The van der Waals surface area contributed by atoms with Crippen LogP contribution in [0.25, 0.3) is 0 Å². The van der Waals surface area contributed by atoms with E-state index >= 15 is 0 Å². The van der Waals surface area contributed by atoms with Crippen molar-refractivity contribution in [3.63, 3.8) is 0 Å². The summed E-state index contributed by atoms with van der Waals surface area (Å²) in [6, 6.07) is 12.2. The number of β-lactam (4-membered cyclic amide) rings is 1. The fourth-order valence-corrected chi connectivity index (χ4v) is 5.06. The third-order valence-electron chi connectivity index (χ3n) is 5.07. The van der Waals surface area contributed by atoms with Gasteiger partial charge < -0.3 is 14.4 Å². The third kappa shape index (κ3) is 4.54. The molecule has 2 aromatic carbocycles. The number of methoxy groups -OCH3 is 1. The van der Waals surface area contributed by atoms with Crippen molar-refractivity contribution in [3.8, 4) is 5.75 Å². The van der Waals surface area contributed by atoms with E-state index in [0.717, 1.165) is 11.8 Å². The van der Waals surface area contributed by atoms with Crippen LogP contribution >= 0.6 is 10.2 Å². The van der Waals surface area contributed by atoms with Gasteiger partial charge in [-0.2, -0.15) is 0 Å². The molecule has 10 heteroatoms. The van der Waals surface area contributed by atoms with E-state index in [9.17, 15) is 24.2 Å². The summed E-state index contributed by atoms with van der Waals surface area (Å²) in [5.41, 5.74) is 0.693. The Labute approximate surface area is 171 Å². The van der Waals surface area contributed by atoms with Gasteiger partial charge in [0.05, 0.1) is 19.8 Å². The Hall–Kier alpha value is -2.33. The number of carbonyl (C=O) groups excluding carboxylic acids is 1. The minimum Gasteiger partial charge on any atom is -0.497 e. The molecule has 30 heavy (non-hydrogen) atoms. The van der Waals surface area contributed by atoms with Gasteiger partial charge in [0, 0.05) is 5.69 Å². The molecule has 1 saturated heterocycles. The number of carbonyl (C=O) groups is 1. The van der Waals surface area contributed by atoms with Crippen LogP contribution in [-0.4, -0.2) is 30.4 Å². The van der Waals surface area contributed by atoms with Crippen LogP contribution in [0.4, 0.5) is 25.1 Å². The molecule has 0 aliphatic carbocycles. The molecular weight excluding hydrogens is 429 g/mol. The number of rotatable bonds is 8. The molecule has 0 spiro atoms. The van der Waals surface area contributed by atoms with Crippen LogP contribution in [0.5, 0.6) is 5.75 Å². The number of benzene rings is 2. The van der Waals surface area contributed by atoms with Gasteiger partial charge in [0.2, 0.25) is 0 Å². The largest absolute Gasteiger partial charge is 0.497 e.